The molecule has 0 atom stereocenters. The fraction of sp³-hybridized carbons (Fsp3) is 0.400. The molecule has 0 unspecified atom stereocenters. The first kappa shape index (κ1) is 11.2. The Morgan fingerprint density at radius 1 is 1.64 bits per heavy atom. The van der Waals surface area contributed by atoms with Crippen molar-refractivity contribution in [3.05, 3.63) is 24.0 Å². The van der Waals surface area contributed by atoms with Gasteiger partial charge in [-0.05, 0) is 19.9 Å². The lowest BCUT2D eigenvalue weighted by atomic mass is 10.2. The predicted octanol–water partition coefficient (Wildman–Crippen LogP) is 2.45. The molecule has 0 amide bonds. The number of hydrogen-bond donors (Lipinski definition) is 0. The van der Waals surface area contributed by atoms with Crippen molar-refractivity contribution in [1.82, 2.24) is 4.98 Å². The van der Waals surface area contributed by atoms with E-state index in [9.17, 15) is 4.79 Å². The second kappa shape index (κ2) is 5.10. The molecular weight excluding hydrogens is 246 g/mol. The lowest BCUT2D eigenvalue weighted by Gasteiger charge is -2.09. The first-order chi connectivity index (χ1) is 6.63. The maximum atomic E-state index is 11.3. The Morgan fingerprint density at radius 3 is 2.93 bits per heavy atom. The molecule has 0 radical (unpaired) electrons. The van der Waals surface area contributed by atoms with E-state index in [-0.39, 0.29) is 17.2 Å². The van der Waals surface area contributed by atoms with E-state index in [1.807, 2.05) is 13.8 Å². The fourth-order valence-electron chi connectivity index (χ4n) is 0.978. The molecule has 14 heavy (non-hydrogen) atoms. The normalized spacial score (nSPS) is 10.3. The summed E-state index contributed by atoms with van der Waals surface area (Å²) in [5, 5.41) is 0.283. The van der Waals surface area contributed by atoms with Gasteiger partial charge in [0.15, 0.2) is 5.78 Å². The average Bonchev–Trinajstić information content (AvgIpc) is 2.16. The molecule has 0 spiro atoms. The number of halogens is 1. The molecule has 0 N–H and O–H groups in total. The summed E-state index contributed by atoms with van der Waals surface area (Å²) in [6.07, 6.45) is 1.68. The van der Waals surface area contributed by atoms with Crippen molar-refractivity contribution in [2.45, 2.75) is 20.0 Å². The van der Waals surface area contributed by atoms with Crippen LogP contribution in [0.4, 0.5) is 0 Å². The zero-order chi connectivity index (χ0) is 10.6. The van der Waals surface area contributed by atoms with Crippen LogP contribution in [0.25, 0.3) is 0 Å². The molecule has 1 heterocycles. The molecule has 0 aliphatic heterocycles. The van der Waals surface area contributed by atoms with Gasteiger partial charge in [0.05, 0.1) is 11.4 Å². The third-order valence-corrected chi connectivity index (χ3v) is 2.02. The van der Waals surface area contributed by atoms with Crippen LogP contribution in [0.1, 0.15) is 24.3 Å². The highest BCUT2D eigenvalue weighted by Gasteiger charge is 2.07. The molecular formula is C10H12BrNO2. The molecule has 1 aromatic heterocycles. The molecule has 0 aliphatic rings. The monoisotopic (exact) mass is 257 g/mol. The minimum Gasteiger partial charge on any atom is -0.491 e. The van der Waals surface area contributed by atoms with Gasteiger partial charge in [-0.25, -0.2) is 0 Å². The molecule has 0 saturated heterocycles. The van der Waals surface area contributed by atoms with E-state index >= 15 is 0 Å². The summed E-state index contributed by atoms with van der Waals surface area (Å²) in [5.74, 6) is 0.638. The SMILES string of the molecule is CC(C)Oc1ccnc(C(=O)CBr)c1. The van der Waals surface area contributed by atoms with Crippen molar-refractivity contribution < 1.29 is 9.53 Å². The Bertz CT molecular complexity index is 326. The fourth-order valence-corrected chi connectivity index (χ4v) is 1.26. The third-order valence-electron chi connectivity index (χ3n) is 1.51. The number of hydrogen-bond acceptors (Lipinski definition) is 3. The highest BCUT2D eigenvalue weighted by Crippen LogP contribution is 2.13. The molecule has 1 rings (SSSR count). The zero-order valence-electron chi connectivity index (χ0n) is 8.16. The highest BCUT2D eigenvalue weighted by molar-refractivity contribution is 9.09. The summed E-state index contributed by atoms with van der Waals surface area (Å²) >= 11 is 3.10. The summed E-state index contributed by atoms with van der Waals surface area (Å²) in [4.78, 5) is 15.2. The quantitative estimate of drug-likeness (QED) is 0.615. The van der Waals surface area contributed by atoms with Gasteiger partial charge >= 0.3 is 0 Å². The molecule has 4 heteroatoms. The van der Waals surface area contributed by atoms with Crippen molar-refractivity contribution in [2.75, 3.05) is 5.33 Å². The number of pyridine rings is 1. The lowest BCUT2D eigenvalue weighted by molar-refractivity contribution is 0.101. The molecule has 0 saturated carbocycles. The van der Waals surface area contributed by atoms with Gasteiger partial charge in [0.1, 0.15) is 11.4 Å². The molecule has 0 aromatic carbocycles. The average molecular weight is 258 g/mol. The van der Waals surface area contributed by atoms with Gasteiger partial charge < -0.3 is 4.74 Å². The summed E-state index contributed by atoms with van der Waals surface area (Å²) in [6, 6.07) is 3.40. The number of alkyl halides is 1. The van der Waals surface area contributed by atoms with Crippen molar-refractivity contribution in [2.24, 2.45) is 0 Å². The smallest absolute Gasteiger partial charge is 0.191 e. The van der Waals surface area contributed by atoms with Crippen LogP contribution in [0.5, 0.6) is 5.75 Å². The lowest BCUT2D eigenvalue weighted by Crippen LogP contribution is -2.08. The predicted molar refractivity (Wildman–Crippen MR) is 58.1 cm³/mol. The van der Waals surface area contributed by atoms with E-state index in [0.29, 0.717) is 11.4 Å². The van der Waals surface area contributed by atoms with Gasteiger partial charge in [-0.1, -0.05) is 15.9 Å². The van der Waals surface area contributed by atoms with E-state index < -0.39 is 0 Å². The maximum absolute atomic E-state index is 11.3. The van der Waals surface area contributed by atoms with Gasteiger partial charge in [-0.3, -0.25) is 9.78 Å². The number of carbonyl (C=O) groups excluding carboxylic acids is 1. The van der Waals surface area contributed by atoms with Crippen LogP contribution < -0.4 is 4.74 Å². The second-order valence-electron chi connectivity index (χ2n) is 3.10. The third kappa shape index (κ3) is 3.10. The number of carbonyl (C=O) groups is 1. The van der Waals surface area contributed by atoms with E-state index in [1.54, 1.807) is 18.3 Å². The van der Waals surface area contributed by atoms with Gasteiger partial charge in [-0.2, -0.15) is 0 Å². The minimum absolute atomic E-state index is 0.0424. The van der Waals surface area contributed by atoms with Gasteiger partial charge in [0.2, 0.25) is 0 Å². The number of ketones is 1. The van der Waals surface area contributed by atoms with Gasteiger partial charge in [-0.15, -0.1) is 0 Å². The summed E-state index contributed by atoms with van der Waals surface area (Å²) in [6.45, 7) is 3.87. The maximum Gasteiger partial charge on any atom is 0.191 e. The van der Waals surface area contributed by atoms with Gasteiger partial charge in [0.25, 0.3) is 0 Å². The second-order valence-corrected chi connectivity index (χ2v) is 3.66. The van der Waals surface area contributed by atoms with Crippen LogP contribution in [0.3, 0.4) is 0 Å². The number of Topliss-reactive ketones (excluding diaryl/α,β-unsaturated/α-hetero) is 1. The topological polar surface area (TPSA) is 39.2 Å². The van der Waals surface area contributed by atoms with Crippen LogP contribution in [-0.4, -0.2) is 22.2 Å². The zero-order valence-corrected chi connectivity index (χ0v) is 9.74. The number of rotatable bonds is 4. The highest BCUT2D eigenvalue weighted by atomic mass is 79.9. The first-order valence-electron chi connectivity index (χ1n) is 4.35. The summed E-state index contributed by atoms with van der Waals surface area (Å²) < 4.78 is 5.44. The van der Waals surface area contributed by atoms with E-state index in [1.165, 1.54) is 0 Å². The summed E-state index contributed by atoms with van der Waals surface area (Å²) in [5.41, 5.74) is 0.431. The molecule has 1 aromatic rings. The van der Waals surface area contributed by atoms with E-state index in [0.717, 1.165) is 0 Å². The molecule has 0 bridgehead atoms. The Morgan fingerprint density at radius 2 is 2.36 bits per heavy atom. The van der Waals surface area contributed by atoms with Crippen LogP contribution in [0.15, 0.2) is 18.3 Å². The van der Waals surface area contributed by atoms with Crippen molar-refractivity contribution in [3.8, 4) is 5.75 Å². The largest absolute Gasteiger partial charge is 0.491 e. The Labute approximate surface area is 91.6 Å². The standard InChI is InChI=1S/C10H12BrNO2/c1-7(2)14-8-3-4-12-9(5-8)10(13)6-11/h3-5,7H,6H2,1-2H3. The Balaban J connectivity index is 2.84. The van der Waals surface area contributed by atoms with Gasteiger partial charge in [0, 0.05) is 12.3 Å². The van der Waals surface area contributed by atoms with Crippen LogP contribution in [0.2, 0.25) is 0 Å². The van der Waals surface area contributed by atoms with E-state index in [2.05, 4.69) is 20.9 Å². The number of aromatic nitrogens is 1. The Kier molecular flexibility index (Phi) is 4.07. The minimum atomic E-state index is -0.0424. The Hall–Kier alpha value is -0.900. The number of ether oxygens (including phenoxy) is 1. The molecule has 76 valence electrons. The van der Waals surface area contributed by atoms with E-state index in [4.69, 9.17) is 4.74 Å². The van der Waals surface area contributed by atoms with Crippen molar-refractivity contribution in [3.63, 3.8) is 0 Å². The number of nitrogens with zero attached hydrogens (tertiary/aromatic N) is 1. The summed E-state index contributed by atoms with van der Waals surface area (Å²) in [7, 11) is 0. The van der Waals surface area contributed by atoms with Crippen LogP contribution >= 0.6 is 15.9 Å². The van der Waals surface area contributed by atoms with Crippen LogP contribution in [0, 0.1) is 0 Å². The molecule has 0 aliphatic carbocycles. The van der Waals surface area contributed by atoms with Crippen LogP contribution in [-0.2, 0) is 0 Å². The molecule has 3 nitrogen and oxygen atoms in total. The van der Waals surface area contributed by atoms with Crippen molar-refractivity contribution >= 4 is 21.7 Å². The van der Waals surface area contributed by atoms with Crippen molar-refractivity contribution in [1.29, 1.82) is 0 Å². The molecule has 0 fully saturated rings. The first-order valence-corrected chi connectivity index (χ1v) is 5.47.